The third kappa shape index (κ3) is 3.96. The molecule has 0 fully saturated rings. The number of nitrogens with one attached hydrogen (secondary N) is 1. The number of nitrogens with zero attached hydrogens (tertiary/aromatic N) is 2. The van der Waals surface area contributed by atoms with Crippen molar-refractivity contribution in [2.24, 2.45) is 0 Å². The van der Waals surface area contributed by atoms with Crippen LogP contribution < -0.4 is 5.32 Å². The molecule has 0 unspecified atom stereocenters. The first-order chi connectivity index (χ1) is 13.3. The fourth-order valence-corrected chi connectivity index (χ4v) is 3.69. The normalized spacial score (nSPS) is 10.7. The average Bonchev–Trinajstić information content (AvgIpc) is 3.39. The number of benzene rings is 1. The number of aromatic nitrogens is 2. The second kappa shape index (κ2) is 7.97. The van der Waals surface area contributed by atoms with E-state index in [4.69, 9.17) is 4.42 Å². The fraction of sp³-hybridized carbons (Fsp3) is 0.0952. The number of rotatable bonds is 6. The van der Waals surface area contributed by atoms with Crippen LogP contribution in [-0.2, 0) is 6.42 Å². The number of carbonyl (C=O) groups is 1. The Balaban J connectivity index is 1.57. The molecular formula is C21H17N3O2S. The van der Waals surface area contributed by atoms with E-state index < -0.39 is 0 Å². The van der Waals surface area contributed by atoms with Crippen molar-refractivity contribution in [2.75, 3.05) is 6.54 Å². The van der Waals surface area contributed by atoms with Gasteiger partial charge >= 0.3 is 0 Å². The van der Waals surface area contributed by atoms with Crippen molar-refractivity contribution < 1.29 is 9.21 Å². The largest absolute Gasteiger partial charge is 0.462 e. The van der Waals surface area contributed by atoms with E-state index in [0.717, 1.165) is 17.5 Å². The van der Waals surface area contributed by atoms with Crippen molar-refractivity contribution in [1.82, 2.24) is 15.3 Å². The quantitative estimate of drug-likeness (QED) is 0.541. The summed E-state index contributed by atoms with van der Waals surface area (Å²) < 4.78 is 5.45. The van der Waals surface area contributed by atoms with Gasteiger partial charge in [-0.25, -0.2) is 4.98 Å². The Morgan fingerprint density at radius 3 is 2.70 bits per heavy atom. The minimum atomic E-state index is -0.131. The molecule has 3 aromatic heterocycles. The average molecular weight is 375 g/mol. The fourth-order valence-electron chi connectivity index (χ4n) is 2.72. The molecule has 1 aromatic carbocycles. The van der Waals surface area contributed by atoms with Crippen molar-refractivity contribution in [1.29, 1.82) is 0 Å². The van der Waals surface area contributed by atoms with Crippen molar-refractivity contribution in [3.63, 3.8) is 0 Å². The molecule has 0 bridgehead atoms. The maximum Gasteiger partial charge on any atom is 0.263 e. The van der Waals surface area contributed by atoms with Crippen LogP contribution in [0.25, 0.3) is 22.0 Å². The number of hydrogen-bond acceptors (Lipinski definition) is 5. The number of thiazole rings is 1. The van der Waals surface area contributed by atoms with Crippen LogP contribution in [-0.4, -0.2) is 22.4 Å². The summed E-state index contributed by atoms with van der Waals surface area (Å²) in [6, 6.07) is 17.3. The number of amides is 1. The highest BCUT2D eigenvalue weighted by Gasteiger charge is 2.21. The zero-order valence-electron chi connectivity index (χ0n) is 14.5. The van der Waals surface area contributed by atoms with Crippen LogP contribution in [0.15, 0.2) is 77.7 Å². The predicted octanol–water partition coefficient (Wildman–Crippen LogP) is 4.44. The molecule has 5 nitrogen and oxygen atoms in total. The van der Waals surface area contributed by atoms with Crippen LogP contribution in [0.3, 0.4) is 0 Å². The van der Waals surface area contributed by atoms with E-state index in [0.29, 0.717) is 27.9 Å². The van der Waals surface area contributed by atoms with Gasteiger partial charge in [0.2, 0.25) is 0 Å². The highest BCUT2D eigenvalue weighted by atomic mass is 32.1. The third-order valence-corrected chi connectivity index (χ3v) is 5.10. The van der Waals surface area contributed by atoms with Crippen molar-refractivity contribution in [3.8, 4) is 22.0 Å². The minimum Gasteiger partial charge on any atom is -0.462 e. The summed E-state index contributed by atoms with van der Waals surface area (Å²) in [5, 5.41) is 3.68. The van der Waals surface area contributed by atoms with Gasteiger partial charge in [-0.2, -0.15) is 0 Å². The highest BCUT2D eigenvalue weighted by molar-refractivity contribution is 7.17. The van der Waals surface area contributed by atoms with Crippen LogP contribution >= 0.6 is 11.3 Å². The van der Waals surface area contributed by atoms with Gasteiger partial charge in [-0.1, -0.05) is 36.4 Å². The SMILES string of the molecule is O=C(NCCc1cccnc1)c1sc(-c2ccco2)nc1-c1ccccc1. The summed E-state index contributed by atoms with van der Waals surface area (Å²) in [5.74, 6) is 0.527. The Morgan fingerprint density at radius 1 is 1.07 bits per heavy atom. The van der Waals surface area contributed by atoms with E-state index in [2.05, 4.69) is 15.3 Å². The second-order valence-corrected chi connectivity index (χ2v) is 6.91. The van der Waals surface area contributed by atoms with Gasteiger partial charge in [0.25, 0.3) is 5.91 Å². The molecule has 0 aliphatic heterocycles. The smallest absolute Gasteiger partial charge is 0.263 e. The zero-order valence-corrected chi connectivity index (χ0v) is 15.3. The molecule has 4 rings (SSSR count). The molecule has 3 heterocycles. The Bertz CT molecular complexity index is 1010. The van der Waals surface area contributed by atoms with Crippen LogP contribution in [0.4, 0.5) is 0 Å². The van der Waals surface area contributed by atoms with Gasteiger partial charge in [0.15, 0.2) is 10.8 Å². The summed E-state index contributed by atoms with van der Waals surface area (Å²) in [5.41, 5.74) is 2.66. The van der Waals surface area contributed by atoms with Crippen molar-refractivity contribution in [2.45, 2.75) is 6.42 Å². The highest BCUT2D eigenvalue weighted by Crippen LogP contribution is 2.34. The number of pyridine rings is 1. The summed E-state index contributed by atoms with van der Waals surface area (Å²) in [6.07, 6.45) is 5.88. The monoisotopic (exact) mass is 375 g/mol. The summed E-state index contributed by atoms with van der Waals surface area (Å²) >= 11 is 1.34. The molecule has 27 heavy (non-hydrogen) atoms. The standard InChI is InChI=1S/C21H17N3O2S/c25-20(23-12-10-15-6-4-11-22-14-15)19-18(16-7-2-1-3-8-16)24-21(27-19)17-9-5-13-26-17/h1-9,11,13-14H,10,12H2,(H,23,25). The van der Waals surface area contributed by atoms with E-state index in [9.17, 15) is 4.79 Å². The molecule has 0 atom stereocenters. The summed E-state index contributed by atoms with van der Waals surface area (Å²) in [7, 11) is 0. The van der Waals surface area contributed by atoms with E-state index in [1.165, 1.54) is 11.3 Å². The zero-order chi connectivity index (χ0) is 18.5. The van der Waals surface area contributed by atoms with Crippen LogP contribution in [0, 0.1) is 0 Å². The molecule has 6 heteroatoms. The number of carbonyl (C=O) groups excluding carboxylic acids is 1. The maximum absolute atomic E-state index is 12.8. The molecule has 0 saturated carbocycles. The second-order valence-electron chi connectivity index (χ2n) is 5.91. The number of furan rings is 1. The van der Waals surface area contributed by atoms with Gasteiger partial charge in [-0.05, 0) is 30.2 Å². The molecule has 1 amide bonds. The van der Waals surface area contributed by atoms with Gasteiger partial charge in [0.1, 0.15) is 4.88 Å². The van der Waals surface area contributed by atoms with Gasteiger partial charge in [-0.15, -0.1) is 11.3 Å². The topological polar surface area (TPSA) is 68.0 Å². The summed E-state index contributed by atoms with van der Waals surface area (Å²) in [6.45, 7) is 0.534. The lowest BCUT2D eigenvalue weighted by Gasteiger charge is -2.05. The molecule has 0 radical (unpaired) electrons. The molecule has 0 aliphatic rings. The molecule has 1 N–H and O–H groups in total. The van der Waals surface area contributed by atoms with E-state index in [-0.39, 0.29) is 5.91 Å². The lowest BCUT2D eigenvalue weighted by Crippen LogP contribution is -2.25. The van der Waals surface area contributed by atoms with E-state index >= 15 is 0 Å². The first-order valence-electron chi connectivity index (χ1n) is 8.58. The van der Waals surface area contributed by atoms with Crippen molar-refractivity contribution >= 4 is 17.2 Å². The lowest BCUT2D eigenvalue weighted by molar-refractivity contribution is 0.0958. The first-order valence-corrected chi connectivity index (χ1v) is 9.40. The summed E-state index contributed by atoms with van der Waals surface area (Å²) in [4.78, 5) is 22.2. The molecular weight excluding hydrogens is 358 g/mol. The molecule has 0 spiro atoms. The van der Waals surface area contributed by atoms with Gasteiger partial charge in [0, 0.05) is 24.5 Å². The Hall–Kier alpha value is -3.25. The maximum atomic E-state index is 12.8. The van der Waals surface area contributed by atoms with E-state index in [1.54, 1.807) is 12.5 Å². The molecule has 0 saturated heterocycles. The Labute approximate surface area is 160 Å². The van der Waals surface area contributed by atoms with Crippen LogP contribution in [0.1, 0.15) is 15.2 Å². The van der Waals surface area contributed by atoms with Crippen molar-refractivity contribution in [3.05, 3.63) is 83.7 Å². The Morgan fingerprint density at radius 2 is 1.96 bits per heavy atom. The predicted molar refractivity (Wildman–Crippen MR) is 106 cm³/mol. The van der Waals surface area contributed by atoms with E-state index in [1.807, 2.05) is 60.8 Å². The minimum absolute atomic E-state index is 0.131. The van der Waals surface area contributed by atoms with Crippen LogP contribution in [0.2, 0.25) is 0 Å². The number of hydrogen-bond donors (Lipinski definition) is 1. The van der Waals surface area contributed by atoms with Crippen LogP contribution in [0.5, 0.6) is 0 Å². The van der Waals surface area contributed by atoms with Gasteiger partial charge in [-0.3, -0.25) is 9.78 Å². The first kappa shape index (κ1) is 17.2. The van der Waals surface area contributed by atoms with Gasteiger partial charge < -0.3 is 9.73 Å². The van der Waals surface area contributed by atoms with Gasteiger partial charge in [0.05, 0.1) is 12.0 Å². The molecule has 134 valence electrons. The Kier molecular flexibility index (Phi) is 5.07. The molecule has 0 aliphatic carbocycles. The molecule has 4 aromatic rings. The lowest BCUT2D eigenvalue weighted by atomic mass is 10.1. The third-order valence-electron chi connectivity index (χ3n) is 4.03.